The van der Waals surface area contributed by atoms with Crippen LogP contribution in [0.25, 0.3) is 0 Å². The molecule has 0 aliphatic rings. The van der Waals surface area contributed by atoms with Gasteiger partial charge in [0.25, 0.3) is 0 Å². The van der Waals surface area contributed by atoms with Crippen LogP contribution in [0.5, 0.6) is 0 Å². The van der Waals surface area contributed by atoms with Gasteiger partial charge in [-0.25, -0.2) is 4.79 Å². The zero-order chi connectivity index (χ0) is 12.5. The SMILES string of the molecule is CCCCCCCOCc1ccsc1C(=O)O. The van der Waals surface area contributed by atoms with Crippen LogP contribution in [0.4, 0.5) is 0 Å². The first-order valence-corrected chi connectivity index (χ1v) is 7.01. The molecule has 0 aromatic carbocycles. The predicted octanol–water partition coefficient (Wildman–Crippen LogP) is 3.93. The van der Waals surface area contributed by atoms with E-state index in [-0.39, 0.29) is 0 Å². The summed E-state index contributed by atoms with van der Waals surface area (Å²) >= 11 is 1.25. The van der Waals surface area contributed by atoms with Crippen molar-refractivity contribution >= 4 is 17.3 Å². The van der Waals surface area contributed by atoms with Crippen molar-refractivity contribution in [2.24, 2.45) is 0 Å². The molecular weight excluding hydrogens is 236 g/mol. The zero-order valence-corrected chi connectivity index (χ0v) is 11.1. The van der Waals surface area contributed by atoms with Gasteiger partial charge in [-0.05, 0) is 17.9 Å². The lowest BCUT2D eigenvalue weighted by atomic mass is 10.2. The van der Waals surface area contributed by atoms with Gasteiger partial charge >= 0.3 is 5.97 Å². The molecule has 1 aromatic rings. The van der Waals surface area contributed by atoms with Crippen molar-refractivity contribution in [1.29, 1.82) is 0 Å². The highest BCUT2D eigenvalue weighted by Crippen LogP contribution is 2.17. The summed E-state index contributed by atoms with van der Waals surface area (Å²) in [5.41, 5.74) is 0.788. The monoisotopic (exact) mass is 256 g/mol. The Kier molecular flexibility index (Phi) is 6.89. The van der Waals surface area contributed by atoms with Gasteiger partial charge in [-0.3, -0.25) is 0 Å². The van der Waals surface area contributed by atoms with Crippen molar-refractivity contribution in [2.45, 2.75) is 45.6 Å². The molecule has 0 saturated heterocycles. The number of aromatic carboxylic acids is 1. The first kappa shape index (κ1) is 14.2. The lowest BCUT2D eigenvalue weighted by Gasteiger charge is -2.03. The molecule has 3 nitrogen and oxygen atoms in total. The van der Waals surface area contributed by atoms with Gasteiger partial charge in [-0.15, -0.1) is 11.3 Å². The molecule has 17 heavy (non-hydrogen) atoms. The summed E-state index contributed by atoms with van der Waals surface area (Å²) in [5.74, 6) is -0.860. The number of carbonyl (C=O) groups is 1. The summed E-state index contributed by atoms with van der Waals surface area (Å²) in [6.45, 7) is 3.33. The highest BCUT2D eigenvalue weighted by molar-refractivity contribution is 7.12. The van der Waals surface area contributed by atoms with Crippen molar-refractivity contribution < 1.29 is 14.6 Å². The minimum absolute atomic E-state index is 0.399. The predicted molar refractivity (Wildman–Crippen MR) is 69.7 cm³/mol. The Morgan fingerprint density at radius 1 is 1.35 bits per heavy atom. The van der Waals surface area contributed by atoms with Gasteiger partial charge in [-0.2, -0.15) is 0 Å². The van der Waals surface area contributed by atoms with E-state index in [0.717, 1.165) is 18.6 Å². The number of hydrogen-bond acceptors (Lipinski definition) is 3. The highest BCUT2D eigenvalue weighted by Gasteiger charge is 2.10. The quantitative estimate of drug-likeness (QED) is 0.681. The number of hydrogen-bond donors (Lipinski definition) is 1. The fourth-order valence-corrected chi connectivity index (χ4v) is 2.37. The Labute approximate surface area is 106 Å². The third-order valence-corrected chi connectivity index (χ3v) is 3.54. The topological polar surface area (TPSA) is 46.5 Å². The van der Waals surface area contributed by atoms with E-state index in [9.17, 15) is 4.79 Å². The Morgan fingerprint density at radius 2 is 2.12 bits per heavy atom. The number of ether oxygens (including phenoxy) is 1. The second-order valence-corrected chi connectivity index (χ2v) is 4.96. The molecule has 4 heteroatoms. The fraction of sp³-hybridized carbons (Fsp3) is 0.615. The maximum Gasteiger partial charge on any atom is 0.346 e. The molecule has 1 aromatic heterocycles. The lowest BCUT2D eigenvalue weighted by molar-refractivity contribution is 0.0693. The summed E-state index contributed by atoms with van der Waals surface area (Å²) < 4.78 is 5.49. The highest BCUT2D eigenvalue weighted by atomic mass is 32.1. The first-order valence-electron chi connectivity index (χ1n) is 6.13. The second kappa shape index (κ2) is 8.25. The van der Waals surface area contributed by atoms with E-state index in [1.807, 2.05) is 6.07 Å². The zero-order valence-electron chi connectivity index (χ0n) is 10.3. The Hall–Kier alpha value is -0.870. The standard InChI is InChI=1S/C13H20O3S/c1-2-3-4-5-6-8-16-10-11-7-9-17-12(11)13(14)15/h7,9H,2-6,8,10H2,1H3,(H,14,15). The van der Waals surface area contributed by atoms with E-state index in [4.69, 9.17) is 9.84 Å². The number of carboxylic acid groups (broad SMARTS) is 1. The van der Waals surface area contributed by atoms with Crippen LogP contribution in [0.1, 0.15) is 54.3 Å². The van der Waals surface area contributed by atoms with E-state index in [0.29, 0.717) is 11.5 Å². The average molecular weight is 256 g/mol. The third-order valence-electron chi connectivity index (χ3n) is 2.59. The number of thiophene rings is 1. The Bertz CT molecular complexity index is 333. The molecule has 0 unspecified atom stereocenters. The van der Waals surface area contributed by atoms with E-state index in [1.54, 1.807) is 5.38 Å². The summed E-state index contributed by atoms with van der Waals surface area (Å²) in [6.07, 6.45) is 6.06. The van der Waals surface area contributed by atoms with Gasteiger partial charge in [0.1, 0.15) is 4.88 Å². The van der Waals surface area contributed by atoms with Crippen LogP contribution in [0, 0.1) is 0 Å². The third kappa shape index (κ3) is 5.33. The molecule has 1 rings (SSSR count). The average Bonchev–Trinajstić information content (AvgIpc) is 2.76. The fourth-order valence-electron chi connectivity index (χ4n) is 1.63. The van der Waals surface area contributed by atoms with Crippen LogP contribution in [0.15, 0.2) is 11.4 Å². The van der Waals surface area contributed by atoms with Crippen LogP contribution >= 0.6 is 11.3 Å². The molecule has 0 saturated carbocycles. The smallest absolute Gasteiger partial charge is 0.346 e. The molecule has 0 aliphatic heterocycles. The number of unbranched alkanes of at least 4 members (excludes halogenated alkanes) is 4. The molecule has 1 heterocycles. The minimum atomic E-state index is -0.860. The van der Waals surface area contributed by atoms with Crippen molar-refractivity contribution in [1.82, 2.24) is 0 Å². The van der Waals surface area contributed by atoms with Crippen LogP contribution in [0.2, 0.25) is 0 Å². The summed E-state index contributed by atoms with van der Waals surface area (Å²) in [6, 6.07) is 1.82. The Balaban J connectivity index is 2.14. The van der Waals surface area contributed by atoms with E-state index >= 15 is 0 Å². The molecule has 0 spiro atoms. The summed E-state index contributed by atoms with van der Waals surface area (Å²) in [7, 11) is 0. The van der Waals surface area contributed by atoms with Crippen molar-refractivity contribution in [3.8, 4) is 0 Å². The molecule has 0 aliphatic carbocycles. The van der Waals surface area contributed by atoms with Crippen molar-refractivity contribution in [3.63, 3.8) is 0 Å². The molecule has 0 bridgehead atoms. The first-order chi connectivity index (χ1) is 8.25. The van der Waals surface area contributed by atoms with E-state index in [1.165, 1.54) is 37.0 Å². The van der Waals surface area contributed by atoms with Crippen LogP contribution in [0.3, 0.4) is 0 Å². The summed E-state index contributed by atoms with van der Waals surface area (Å²) in [4.78, 5) is 11.2. The largest absolute Gasteiger partial charge is 0.477 e. The molecule has 0 atom stereocenters. The maximum atomic E-state index is 10.8. The van der Waals surface area contributed by atoms with Gasteiger partial charge in [0.15, 0.2) is 0 Å². The molecule has 0 radical (unpaired) electrons. The molecule has 1 N–H and O–H groups in total. The molecule has 96 valence electrons. The van der Waals surface area contributed by atoms with Gasteiger partial charge in [0, 0.05) is 12.2 Å². The molecular formula is C13H20O3S. The second-order valence-electron chi connectivity index (χ2n) is 4.05. The Morgan fingerprint density at radius 3 is 2.82 bits per heavy atom. The van der Waals surface area contributed by atoms with Gasteiger partial charge in [0.05, 0.1) is 6.61 Å². The minimum Gasteiger partial charge on any atom is -0.477 e. The van der Waals surface area contributed by atoms with Gasteiger partial charge in [-0.1, -0.05) is 32.6 Å². The van der Waals surface area contributed by atoms with Crippen molar-refractivity contribution in [2.75, 3.05) is 6.61 Å². The van der Waals surface area contributed by atoms with E-state index < -0.39 is 5.97 Å². The maximum absolute atomic E-state index is 10.8. The van der Waals surface area contributed by atoms with Gasteiger partial charge < -0.3 is 9.84 Å². The lowest BCUT2D eigenvalue weighted by Crippen LogP contribution is -2.01. The van der Waals surface area contributed by atoms with Crippen LogP contribution in [-0.4, -0.2) is 17.7 Å². The number of rotatable bonds is 9. The number of carboxylic acids is 1. The normalized spacial score (nSPS) is 10.6. The van der Waals surface area contributed by atoms with Crippen LogP contribution in [-0.2, 0) is 11.3 Å². The summed E-state index contributed by atoms with van der Waals surface area (Å²) in [5, 5.41) is 10.7. The molecule has 0 amide bonds. The van der Waals surface area contributed by atoms with E-state index in [2.05, 4.69) is 6.92 Å². The van der Waals surface area contributed by atoms with Gasteiger partial charge in [0.2, 0.25) is 0 Å². The molecule has 0 fully saturated rings. The van der Waals surface area contributed by atoms with Crippen molar-refractivity contribution in [3.05, 3.63) is 21.9 Å². The van der Waals surface area contributed by atoms with Crippen LogP contribution < -0.4 is 0 Å².